The first-order valence-corrected chi connectivity index (χ1v) is 5.59. The second kappa shape index (κ2) is 4.87. The highest BCUT2D eigenvalue weighted by atomic mass is 32.1. The summed E-state index contributed by atoms with van der Waals surface area (Å²) in [6.45, 7) is 0.580. The lowest BCUT2D eigenvalue weighted by atomic mass is 10.3. The largest absolute Gasteiger partial charge is 0.327 e. The minimum atomic E-state index is 0.580. The van der Waals surface area contributed by atoms with Crippen LogP contribution in [-0.4, -0.2) is 11.5 Å². The minimum absolute atomic E-state index is 0.580. The zero-order valence-corrected chi connectivity index (χ0v) is 9.08. The summed E-state index contributed by atoms with van der Waals surface area (Å²) in [5, 5.41) is 0. The van der Waals surface area contributed by atoms with Crippen molar-refractivity contribution in [1.82, 2.24) is 4.98 Å². The van der Waals surface area contributed by atoms with Crippen LogP contribution in [0.4, 0.5) is 0 Å². The van der Waals surface area contributed by atoms with Gasteiger partial charge in [-0.2, -0.15) is 0 Å². The van der Waals surface area contributed by atoms with E-state index >= 15 is 0 Å². The van der Waals surface area contributed by atoms with Crippen LogP contribution in [0.15, 0.2) is 42.6 Å². The van der Waals surface area contributed by atoms with Gasteiger partial charge in [-0.1, -0.05) is 12.1 Å². The second-order valence-electron chi connectivity index (χ2n) is 3.06. The van der Waals surface area contributed by atoms with Crippen molar-refractivity contribution >= 4 is 17.4 Å². The van der Waals surface area contributed by atoms with E-state index in [0.717, 1.165) is 5.69 Å². The Labute approximate surface area is 93.1 Å². The van der Waals surface area contributed by atoms with Crippen molar-refractivity contribution in [3.05, 3.63) is 47.5 Å². The molecule has 2 aromatic rings. The van der Waals surface area contributed by atoms with E-state index in [-0.39, 0.29) is 0 Å². The molecular weight excluding hydrogens is 204 g/mol. The summed E-state index contributed by atoms with van der Waals surface area (Å²) in [6.07, 6.45) is 5.80. The summed E-state index contributed by atoms with van der Waals surface area (Å²) in [7, 11) is 0. The van der Waals surface area contributed by atoms with E-state index in [4.69, 9.17) is 5.73 Å². The van der Waals surface area contributed by atoms with Crippen molar-refractivity contribution in [1.29, 1.82) is 0 Å². The quantitative estimate of drug-likeness (QED) is 0.856. The molecule has 2 N–H and O–H groups in total. The SMILES string of the molecule is NC/C=C/c1ccc(-c2ccccn2)s1. The van der Waals surface area contributed by atoms with Crippen LogP contribution in [-0.2, 0) is 0 Å². The van der Waals surface area contributed by atoms with Crippen LogP contribution in [0.1, 0.15) is 4.88 Å². The molecule has 0 aromatic carbocycles. The number of nitrogens with two attached hydrogens (primary N) is 1. The Kier molecular flexibility index (Phi) is 3.27. The van der Waals surface area contributed by atoms with Gasteiger partial charge in [0.1, 0.15) is 0 Å². The van der Waals surface area contributed by atoms with Crippen LogP contribution in [0.5, 0.6) is 0 Å². The maximum Gasteiger partial charge on any atom is 0.0801 e. The van der Waals surface area contributed by atoms with Gasteiger partial charge in [-0.3, -0.25) is 4.98 Å². The van der Waals surface area contributed by atoms with Gasteiger partial charge in [-0.05, 0) is 30.3 Å². The normalized spacial score (nSPS) is 11.0. The fraction of sp³-hybridized carbons (Fsp3) is 0.0833. The van der Waals surface area contributed by atoms with Crippen LogP contribution in [0.3, 0.4) is 0 Å². The Morgan fingerprint density at radius 1 is 1.27 bits per heavy atom. The molecule has 0 aliphatic rings. The molecule has 0 aliphatic heterocycles. The number of thiophene rings is 1. The van der Waals surface area contributed by atoms with Crippen LogP contribution in [0.2, 0.25) is 0 Å². The predicted octanol–water partition coefficient (Wildman–Crippen LogP) is 2.78. The van der Waals surface area contributed by atoms with Crippen molar-refractivity contribution in [2.75, 3.05) is 6.54 Å². The lowest BCUT2D eigenvalue weighted by Crippen LogP contribution is -1.91. The molecule has 0 amide bonds. The maximum atomic E-state index is 5.40. The Balaban J connectivity index is 2.24. The van der Waals surface area contributed by atoms with Crippen molar-refractivity contribution < 1.29 is 0 Å². The van der Waals surface area contributed by atoms with Crippen LogP contribution in [0.25, 0.3) is 16.6 Å². The van der Waals surface area contributed by atoms with Gasteiger partial charge < -0.3 is 5.73 Å². The molecule has 2 rings (SSSR count). The highest BCUT2D eigenvalue weighted by molar-refractivity contribution is 7.16. The van der Waals surface area contributed by atoms with Crippen molar-refractivity contribution in [2.45, 2.75) is 0 Å². The summed E-state index contributed by atoms with van der Waals surface area (Å²) in [5.74, 6) is 0. The van der Waals surface area contributed by atoms with Gasteiger partial charge in [0.2, 0.25) is 0 Å². The molecule has 15 heavy (non-hydrogen) atoms. The summed E-state index contributed by atoms with van der Waals surface area (Å²) in [6, 6.07) is 10.1. The van der Waals surface area contributed by atoms with Crippen LogP contribution >= 0.6 is 11.3 Å². The zero-order valence-electron chi connectivity index (χ0n) is 8.26. The molecule has 0 bridgehead atoms. The molecule has 0 spiro atoms. The molecule has 3 heteroatoms. The first-order valence-electron chi connectivity index (χ1n) is 4.78. The Bertz CT molecular complexity index is 446. The number of rotatable bonds is 3. The molecule has 2 nitrogen and oxygen atoms in total. The number of hydrogen-bond acceptors (Lipinski definition) is 3. The van der Waals surface area contributed by atoms with E-state index in [0.29, 0.717) is 6.54 Å². The topological polar surface area (TPSA) is 38.9 Å². The van der Waals surface area contributed by atoms with E-state index in [1.807, 2.05) is 36.5 Å². The molecule has 0 saturated carbocycles. The zero-order chi connectivity index (χ0) is 10.5. The van der Waals surface area contributed by atoms with Crippen molar-refractivity contribution in [2.24, 2.45) is 5.73 Å². The first kappa shape index (κ1) is 10.1. The van der Waals surface area contributed by atoms with Crippen molar-refractivity contribution in [3.8, 4) is 10.6 Å². The molecule has 0 fully saturated rings. The Hall–Kier alpha value is -1.45. The molecule has 0 unspecified atom stereocenters. The molecular formula is C12H12N2S. The van der Waals surface area contributed by atoms with Crippen LogP contribution in [0, 0.1) is 0 Å². The van der Waals surface area contributed by atoms with Crippen molar-refractivity contribution in [3.63, 3.8) is 0 Å². The smallest absolute Gasteiger partial charge is 0.0801 e. The maximum absolute atomic E-state index is 5.40. The first-order chi connectivity index (χ1) is 7.40. The summed E-state index contributed by atoms with van der Waals surface area (Å²) < 4.78 is 0. The summed E-state index contributed by atoms with van der Waals surface area (Å²) in [5.41, 5.74) is 6.42. The van der Waals surface area contributed by atoms with E-state index in [9.17, 15) is 0 Å². The molecule has 0 radical (unpaired) electrons. The van der Waals surface area contributed by atoms with Gasteiger partial charge >= 0.3 is 0 Å². The Morgan fingerprint density at radius 2 is 2.20 bits per heavy atom. The van der Waals surface area contributed by atoms with Gasteiger partial charge in [-0.15, -0.1) is 11.3 Å². The molecule has 0 atom stereocenters. The summed E-state index contributed by atoms with van der Waals surface area (Å²) in [4.78, 5) is 6.70. The Morgan fingerprint density at radius 3 is 2.93 bits per heavy atom. The van der Waals surface area contributed by atoms with Gasteiger partial charge in [0.25, 0.3) is 0 Å². The third-order valence-electron chi connectivity index (χ3n) is 1.96. The third kappa shape index (κ3) is 2.52. The van der Waals surface area contributed by atoms with E-state index in [1.54, 1.807) is 11.3 Å². The lowest BCUT2D eigenvalue weighted by Gasteiger charge is -1.92. The molecule has 0 aliphatic carbocycles. The van der Waals surface area contributed by atoms with Gasteiger partial charge in [0.15, 0.2) is 0 Å². The standard InChI is InChI=1S/C12H12N2S/c13-8-3-4-10-6-7-12(15-10)11-5-1-2-9-14-11/h1-7,9H,8,13H2/b4-3+. The van der Waals surface area contributed by atoms with Gasteiger partial charge in [0, 0.05) is 17.6 Å². The number of pyridine rings is 1. The van der Waals surface area contributed by atoms with E-state index in [1.165, 1.54) is 9.75 Å². The fourth-order valence-corrected chi connectivity index (χ4v) is 2.19. The number of nitrogens with zero attached hydrogens (tertiary/aromatic N) is 1. The lowest BCUT2D eigenvalue weighted by molar-refractivity contribution is 1.26. The second-order valence-corrected chi connectivity index (χ2v) is 4.17. The average Bonchev–Trinajstić information content (AvgIpc) is 2.76. The molecule has 0 saturated heterocycles. The molecule has 2 heterocycles. The van der Waals surface area contributed by atoms with Crippen LogP contribution < -0.4 is 5.73 Å². The average molecular weight is 216 g/mol. The monoisotopic (exact) mass is 216 g/mol. The fourth-order valence-electron chi connectivity index (χ4n) is 1.27. The molecule has 76 valence electrons. The van der Waals surface area contributed by atoms with E-state index in [2.05, 4.69) is 17.1 Å². The third-order valence-corrected chi connectivity index (χ3v) is 3.04. The predicted molar refractivity (Wildman–Crippen MR) is 65.6 cm³/mol. The highest BCUT2D eigenvalue weighted by Crippen LogP contribution is 2.26. The van der Waals surface area contributed by atoms with Gasteiger partial charge in [0.05, 0.1) is 10.6 Å². The number of hydrogen-bond donors (Lipinski definition) is 1. The molecule has 2 aromatic heterocycles. The highest BCUT2D eigenvalue weighted by Gasteiger charge is 2.00. The number of aromatic nitrogens is 1. The van der Waals surface area contributed by atoms with Gasteiger partial charge in [-0.25, -0.2) is 0 Å². The summed E-state index contributed by atoms with van der Waals surface area (Å²) >= 11 is 1.72. The van der Waals surface area contributed by atoms with E-state index < -0.39 is 0 Å². The minimum Gasteiger partial charge on any atom is -0.327 e.